The molecule has 0 aliphatic carbocycles. The fourth-order valence-corrected chi connectivity index (χ4v) is 4.63. The smallest absolute Gasteiger partial charge is 0.250 e. The Hall–Kier alpha value is -1.85. The molecule has 0 saturated carbocycles. The van der Waals surface area contributed by atoms with Gasteiger partial charge < -0.3 is 14.8 Å². The van der Waals surface area contributed by atoms with Crippen LogP contribution >= 0.6 is 23.8 Å². The van der Waals surface area contributed by atoms with E-state index in [9.17, 15) is 4.79 Å². The van der Waals surface area contributed by atoms with E-state index in [0.717, 1.165) is 47.4 Å². The number of nitrogens with zero attached hydrogens (tertiary/aromatic N) is 2. The van der Waals surface area contributed by atoms with Gasteiger partial charge in [-0.3, -0.25) is 4.79 Å². The number of likely N-dealkylation sites (tertiary alicyclic amines) is 1. The molecule has 2 aliphatic heterocycles. The van der Waals surface area contributed by atoms with Crippen LogP contribution in [0.4, 0.5) is 0 Å². The monoisotopic (exact) mass is 387 g/mol. The fraction of sp³-hybridized carbons (Fsp3) is 0.400. The molecule has 1 aromatic heterocycles. The van der Waals surface area contributed by atoms with Crippen LogP contribution < -0.4 is 10.9 Å². The summed E-state index contributed by atoms with van der Waals surface area (Å²) < 4.78 is 1.95. The van der Waals surface area contributed by atoms with Crippen LogP contribution in [0.2, 0.25) is 5.02 Å². The van der Waals surface area contributed by atoms with Crippen molar-refractivity contribution in [1.82, 2.24) is 14.8 Å². The van der Waals surface area contributed by atoms with Gasteiger partial charge in [-0.1, -0.05) is 29.8 Å². The lowest BCUT2D eigenvalue weighted by atomic mass is 9.83. The molecule has 26 heavy (non-hydrogen) atoms. The van der Waals surface area contributed by atoms with Crippen LogP contribution in [0.3, 0.4) is 0 Å². The third-order valence-electron chi connectivity index (χ3n) is 5.48. The van der Waals surface area contributed by atoms with Gasteiger partial charge in [0.25, 0.3) is 5.56 Å². The molecule has 1 saturated heterocycles. The Morgan fingerprint density at radius 3 is 2.73 bits per heavy atom. The summed E-state index contributed by atoms with van der Waals surface area (Å²) in [4.78, 5) is 14.4. The minimum Gasteiger partial charge on any atom is -0.356 e. The van der Waals surface area contributed by atoms with Crippen LogP contribution in [-0.4, -0.2) is 27.7 Å². The van der Waals surface area contributed by atoms with Gasteiger partial charge in [0.2, 0.25) is 0 Å². The Labute approximate surface area is 163 Å². The number of fused-ring (bicyclic) bond motifs is 4. The molecule has 0 unspecified atom stereocenters. The number of hydrogen-bond donors (Lipinski definition) is 1. The molecule has 0 amide bonds. The molecule has 1 aromatic carbocycles. The quantitative estimate of drug-likeness (QED) is 0.799. The van der Waals surface area contributed by atoms with Gasteiger partial charge in [0.15, 0.2) is 5.11 Å². The van der Waals surface area contributed by atoms with E-state index in [1.165, 1.54) is 0 Å². The zero-order valence-electron chi connectivity index (χ0n) is 14.7. The highest BCUT2D eigenvalue weighted by molar-refractivity contribution is 7.80. The topological polar surface area (TPSA) is 37.3 Å². The number of nitrogens with one attached hydrogen (secondary N) is 1. The molecular weight excluding hydrogens is 366 g/mol. The summed E-state index contributed by atoms with van der Waals surface area (Å²) in [5.74, 6) is 0.828. The second kappa shape index (κ2) is 7.05. The molecule has 3 heterocycles. The number of pyridine rings is 1. The Morgan fingerprint density at radius 2 is 1.96 bits per heavy atom. The number of aromatic nitrogens is 1. The van der Waals surface area contributed by atoms with Crippen molar-refractivity contribution in [1.29, 1.82) is 0 Å². The molecule has 4 rings (SSSR count). The van der Waals surface area contributed by atoms with Crippen molar-refractivity contribution < 1.29 is 0 Å². The molecule has 1 N–H and O–H groups in total. The first-order chi connectivity index (χ1) is 12.5. The van der Waals surface area contributed by atoms with E-state index in [1.54, 1.807) is 6.07 Å². The van der Waals surface area contributed by atoms with E-state index < -0.39 is 0 Å². The highest BCUT2D eigenvalue weighted by atomic mass is 35.5. The normalized spacial score (nSPS) is 22.5. The first kappa shape index (κ1) is 17.6. The summed E-state index contributed by atoms with van der Waals surface area (Å²) in [7, 11) is 0. The molecule has 136 valence electrons. The summed E-state index contributed by atoms with van der Waals surface area (Å²) in [6.45, 7) is 4.65. The van der Waals surface area contributed by atoms with E-state index >= 15 is 0 Å². The van der Waals surface area contributed by atoms with Crippen molar-refractivity contribution in [3.8, 4) is 0 Å². The van der Waals surface area contributed by atoms with Gasteiger partial charge in [-0.25, -0.2) is 0 Å². The maximum atomic E-state index is 12.1. The number of benzene rings is 1. The van der Waals surface area contributed by atoms with Crippen LogP contribution in [0, 0.1) is 5.92 Å². The highest BCUT2D eigenvalue weighted by Gasteiger charge is 2.35. The maximum absolute atomic E-state index is 12.1. The number of piperidine rings is 1. The molecule has 2 aromatic rings. The van der Waals surface area contributed by atoms with Gasteiger partial charge in [0, 0.05) is 42.3 Å². The van der Waals surface area contributed by atoms with Gasteiger partial charge in [-0.2, -0.15) is 0 Å². The molecule has 6 heteroatoms. The number of halogens is 1. The van der Waals surface area contributed by atoms with Crippen molar-refractivity contribution in [2.45, 2.75) is 31.8 Å². The van der Waals surface area contributed by atoms with Crippen LogP contribution in [0.5, 0.6) is 0 Å². The molecule has 2 bridgehead atoms. The van der Waals surface area contributed by atoms with Crippen LogP contribution in [0.15, 0.2) is 47.3 Å². The van der Waals surface area contributed by atoms with Crippen molar-refractivity contribution >= 4 is 28.9 Å². The summed E-state index contributed by atoms with van der Waals surface area (Å²) in [5.41, 5.74) is 2.42. The Kier molecular flexibility index (Phi) is 4.76. The van der Waals surface area contributed by atoms with E-state index in [1.807, 2.05) is 34.9 Å². The minimum absolute atomic E-state index is 0.114. The summed E-state index contributed by atoms with van der Waals surface area (Å²) in [5, 5.41) is 4.98. The van der Waals surface area contributed by atoms with Crippen LogP contribution in [0.1, 0.15) is 36.6 Å². The average Bonchev–Trinajstić information content (AvgIpc) is 2.63. The molecule has 0 spiro atoms. The lowest BCUT2D eigenvalue weighted by Crippen LogP contribution is -2.52. The molecule has 1 fully saturated rings. The third kappa shape index (κ3) is 3.38. The Balaban J connectivity index is 1.47. The molecular formula is C20H22ClN3OS. The number of hydrogen-bond acceptors (Lipinski definition) is 2. The standard InChI is InChI=1S/C20H22ClN3OS/c1-13(15-5-7-17(21)8-6-15)22-20(26)23-10-14-9-16(12-23)18-3-2-4-19(25)24(18)11-14/h2-8,13-14,16H,9-12H2,1H3,(H,22,26)/t13-,14-,16-/m0/s1. The second-order valence-corrected chi connectivity index (χ2v) is 8.15. The van der Waals surface area contributed by atoms with Crippen LogP contribution in [-0.2, 0) is 6.54 Å². The highest BCUT2D eigenvalue weighted by Crippen LogP contribution is 2.35. The first-order valence-electron chi connectivity index (χ1n) is 9.02. The van der Waals surface area contributed by atoms with Gasteiger partial charge in [0.05, 0.1) is 6.04 Å². The van der Waals surface area contributed by atoms with E-state index in [2.05, 4.69) is 23.2 Å². The SMILES string of the molecule is C[C@H](NC(=S)N1C[C@@H]2C[C@@H](C1)c1cccc(=O)n1C2)c1ccc(Cl)cc1. The Bertz CT molecular complexity index is 879. The molecule has 4 nitrogen and oxygen atoms in total. The number of rotatable bonds is 2. The Morgan fingerprint density at radius 1 is 1.19 bits per heavy atom. The van der Waals surface area contributed by atoms with Crippen molar-refractivity contribution in [2.75, 3.05) is 13.1 Å². The zero-order valence-corrected chi connectivity index (χ0v) is 16.3. The summed E-state index contributed by atoms with van der Waals surface area (Å²) >= 11 is 11.7. The van der Waals surface area contributed by atoms with E-state index in [0.29, 0.717) is 11.8 Å². The second-order valence-electron chi connectivity index (χ2n) is 7.33. The van der Waals surface area contributed by atoms with Crippen LogP contribution in [0.25, 0.3) is 0 Å². The lowest BCUT2D eigenvalue weighted by molar-refractivity contribution is 0.176. The summed E-state index contributed by atoms with van der Waals surface area (Å²) in [6.07, 6.45) is 1.13. The first-order valence-corrected chi connectivity index (χ1v) is 9.80. The lowest BCUT2D eigenvalue weighted by Gasteiger charge is -2.44. The molecule has 0 radical (unpaired) electrons. The number of thiocarbonyl (C=S) groups is 1. The predicted molar refractivity (Wildman–Crippen MR) is 109 cm³/mol. The van der Waals surface area contributed by atoms with Crippen molar-refractivity contribution in [2.24, 2.45) is 5.92 Å². The summed E-state index contributed by atoms with van der Waals surface area (Å²) in [6, 6.07) is 13.6. The maximum Gasteiger partial charge on any atom is 0.250 e. The van der Waals surface area contributed by atoms with Gasteiger partial charge in [0.1, 0.15) is 0 Å². The largest absolute Gasteiger partial charge is 0.356 e. The third-order valence-corrected chi connectivity index (χ3v) is 6.10. The van der Waals surface area contributed by atoms with Crippen molar-refractivity contribution in [3.63, 3.8) is 0 Å². The van der Waals surface area contributed by atoms with Crippen molar-refractivity contribution in [3.05, 3.63) is 69.1 Å². The predicted octanol–water partition coefficient (Wildman–Crippen LogP) is 3.56. The van der Waals surface area contributed by atoms with E-state index in [4.69, 9.17) is 23.8 Å². The zero-order chi connectivity index (χ0) is 18.3. The molecule has 2 aliphatic rings. The minimum atomic E-state index is 0.114. The van der Waals surface area contributed by atoms with Gasteiger partial charge in [-0.05, 0) is 55.2 Å². The molecule has 3 atom stereocenters. The van der Waals surface area contributed by atoms with Gasteiger partial charge >= 0.3 is 0 Å². The van der Waals surface area contributed by atoms with Gasteiger partial charge in [-0.15, -0.1) is 0 Å². The fourth-order valence-electron chi connectivity index (χ4n) is 4.17. The van der Waals surface area contributed by atoms with E-state index in [-0.39, 0.29) is 11.6 Å². The average molecular weight is 388 g/mol.